The van der Waals surface area contributed by atoms with Crippen LogP contribution in [0.4, 0.5) is 5.13 Å². The standard InChI is InChI=1S/C23H22N4O2S/c1-4-20-26-27-23(30-20)25-22(28)19(13-24)12-18-10-15(2)21(16(3)11-18)29-14-17-8-6-5-7-9-17/h5-12H,4,14H2,1-3H3,(H,25,27,28). The summed E-state index contributed by atoms with van der Waals surface area (Å²) >= 11 is 1.30. The van der Waals surface area contributed by atoms with Gasteiger partial charge in [0.25, 0.3) is 5.91 Å². The van der Waals surface area contributed by atoms with E-state index in [1.165, 1.54) is 11.3 Å². The third kappa shape index (κ3) is 5.31. The van der Waals surface area contributed by atoms with Gasteiger partial charge in [-0.15, -0.1) is 10.2 Å². The number of ether oxygens (including phenoxy) is 1. The number of nitriles is 1. The van der Waals surface area contributed by atoms with Gasteiger partial charge in [0.05, 0.1) is 0 Å². The minimum atomic E-state index is -0.504. The molecule has 0 aliphatic carbocycles. The van der Waals surface area contributed by atoms with Crippen LogP contribution in [0.25, 0.3) is 6.08 Å². The average molecular weight is 419 g/mol. The number of aryl methyl sites for hydroxylation is 3. The minimum absolute atomic E-state index is 0.00000222. The number of rotatable bonds is 7. The zero-order valence-corrected chi connectivity index (χ0v) is 17.9. The number of nitrogens with one attached hydrogen (secondary N) is 1. The Balaban J connectivity index is 1.76. The highest BCUT2D eigenvalue weighted by molar-refractivity contribution is 7.15. The predicted molar refractivity (Wildman–Crippen MR) is 118 cm³/mol. The third-order valence-electron chi connectivity index (χ3n) is 4.37. The predicted octanol–water partition coefficient (Wildman–Crippen LogP) is 4.84. The van der Waals surface area contributed by atoms with Crippen molar-refractivity contribution in [3.63, 3.8) is 0 Å². The molecule has 3 aromatic rings. The lowest BCUT2D eigenvalue weighted by atomic mass is 10.0. The maximum atomic E-state index is 12.5. The normalized spacial score (nSPS) is 11.1. The fourth-order valence-corrected chi connectivity index (χ4v) is 3.63. The zero-order chi connectivity index (χ0) is 21.5. The van der Waals surface area contributed by atoms with Gasteiger partial charge in [0.2, 0.25) is 5.13 Å². The lowest BCUT2D eigenvalue weighted by Crippen LogP contribution is -2.13. The molecule has 2 aromatic carbocycles. The van der Waals surface area contributed by atoms with E-state index in [9.17, 15) is 10.1 Å². The summed E-state index contributed by atoms with van der Waals surface area (Å²) in [6.07, 6.45) is 2.31. The van der Waals surface area contributed by atoms with Gasteiger partial charge in [-0.05, 0) is 60.7 Å². The van der Waals surface area contributed by atoms with Crippen LogP contribution >= 0.6 is 11.3 Å². The van der Waals surface area contributed by atoms with Crippen LogP contribution in [0.3, 0.4) is 0 Å². The van der Waals surface area contributed by atoms with Gasteiger partial charge in [-0.25, -0.2) is 0 Å². The summed E-state index contributed by atoms with van der Waals surface area (Å²) in [5.74, 6) is 0.302. The molecule has 0 aliphatic heterocycles. The topological polar surface area (TPSA) is 87.9 Å². The molecule has 152 valence electrons. The van der Waals surface area contributed by atoms with Gasteiger partial charge in [-0.2, -0.15) is 5.26 Å². The lowest BCUT2D eigenvalue weighted by molar-refractivity contribution is -0.112. The van der Waals surface area contributed by atoms with Crippen molar-refractivity contribution in [3.05, 3.63) is 75.3 Å². The molecule has 1 heterocycles. The Labute approximate surface area is 179 Å². The van der Waals surface area contributed by atoms with Crippen molar-refractivity contribution in [1.29, 1.82) is 5.26 Å². The number of hydrogen-bond donors (Lipinski definition) is 1. The molecule has 0 atom stereocenters. The Morgan fingerprint density at radius 1 is 1.20 bits per heavy atom. The van der Waals surface area contributed by atoms with Gasteiger partial charge in [0.15, 0.2) is 0 Å². The summed E-state index contributed by atoms with van der Waals surface area (Å²) in [6.45, 7) is 6.34. The highest BCUT2D eigenvalue weighted by Crippen LogP contribution is 2.27. The number of anilines is 1. The number of carbonyl (C=O) groups is 1. The number of hydrogen-bond acceptors (Lipinski definition) is 6. The van der Waals surface area contributed by atoms with Crippen LogP contribution in [-0.2, 0) is 17.8 Å². The van der Waals surface area contributed by atoms with Gasteiger partial charge in [0.1, 0.15) is 29.0 Å². The molecule has 1 aromatic heterocycles. The molecule has 6 nitrogen and oxygen atoms in total. The van der Waals surface area contributed by atoms with Crippen molar-refractivity contribution >= 4 is 28.5 Å². The number of carbonyl (C=O) groups excluding carboxylic acids is 1. The lowest BCUT2D eigenvalue weighted by Gasteiger charge is -2.13. The molecule has 0 bridgehead atoms. The van der Waals surface area contributed by atoms with E-state index in [1.54, 1.807) is 6.08 Å². The molecule has 0 aliphatic rings. The molecular formula is C23H22N4O2S. The van der Waals surface area contributed by atoms with E-state index < -0.39 is 5.91 Å². The Morgan fingerprint density at radius 2 is 1.90 bits per heavy atom. The second kappa shape index (κ2) is 9.81. The Bertz CT molecular complexity index is 1090. The van der Waals surface area contributed by atoms with E-state index in [0.29, 0.717) is 11.7 Å². The molecule has 1 N–H and O–H groups in total. The van der Waals surface area contributed by atoms with Gasteiger partial charge in [-0.1, -0.05) is 48.6 Å². The summed E-state index contributed by atoms with van der Waals surface area (Å²) in [6, 6.07) is 15.7. The summed E-state index contributed by atoms with van der Waals surface area (Å²) in [5, 5.41) is 21.2. The van der Waals surface area contributed by atoms with E-state index in [4.69, 9.17) is 4.74 Å². The summed E-state index contributed by atoms with van der Waals surface area (Å²) in [5.41, 5.74) is 3.72. The quantitative estimate of drug-likeness (QED) is 0.438. The Kier molecular flexibility index (Phi) is 6.94. The van der Waals surface area contributed by atoms with Crippen LogP contribution in [0, 0.1) is 25.2 Å². The fourth-order valence-electron chi connectivity index (χ4n) is 2.95. The van der Waals surface area contributed by atoms with Crippen molar-refractivity contribution in [1.82, 2.24) is 10.2 Å². The number of aromatic nitrogens is 2. The van der Waals surface area contributed by atoms with E-state index >= 15 is 0 Å². The number of nitrogens with zero attached hydrogens (tertiary/aromatic N) is 3. The highest BCUT2D eigenvalue weighted by atomic mass is 32.1. The molecular weight excluding hydrogens is 396 g/mol. The first-order valence-electron chi connectivity index (χ1n) is 9.53. The smallest absolute Gasteiger partial charge is 0.268 e. The second-order valence-electron chi connectivity index (χ2n) is 6.74. The van der Waals surface area contributed by atoms with E-state index in [2.05, 4.69) is 15.5 Å². The minimum Gasteiger partial charge on any atom is -0.488 e. The summed E-state index contributed by atoms with van der Waals surface area (Å²) < 4.78 is 6.00. The first-order chi connectivity index (χ1) is 14.5. The van der Waals surface area contributed by atoms with E-state index in [1.807, 2.05) is 69.3 Å². The SMILES string of the molecule is CCc1nnc(NC(=O)C(C#N)=Cc2cc(C)c(OCc3ccccc3)c(C)c2)s1. The molecule has 0 fully saturated rings. The molecule has 3 rings (SSSR count). The van der Waals surface area contributed by atoms with Crippen LogP contribution in [-0.4, -0.2) is 16.1 Å². The van der Waals surface area contributed by atoms with Crippen molar-refractivity contribution in [2.45, 2.75) is 33.8 Å². The van der Waals surface area contributed by atoms with Crippen LogP contribution < -0.4 is 10.1 Å². The maximum absolute atomic E-state index is 12.5. The van der Waals surface area contributed by atoms with Gasteiger partial charge in [0, 0.05) is 0 Å². The van der Waals surface area contributed by atoms with Crippen LogP contribution in [0.5, 0.6) is 5.75 Å². The Morgan fingerprint density at radius 3 is 2.50 bits per heavy atom. The molecule has 0 radical (unpaired) electrons. The van der Waals surface area contributed by atoms with Gasteiger partial charge in [-0.3, -0.25) is 10.1 Å². The van der Waals surface area contributed by atoms with Crippen LogP contribution in [0.2, 0.25) is 0 Å². The molecule has 0 saturated carbocycles. The van der Waals surface area contributed by atoms with E-state index in [0.717, 1.165) is 39.4 Å². The van der Waals surface area contributed by atoms with Crippen LogP contribution in [0.15, 0.2) is 48.0 Å². The van der Waals surface area contributed by atoms with Crippen molar-refractivity contribution in [2.75, 3.05) is 5.32 Å². The second-order valence-corrected chi connectivity index (χ2v) is 7.80. The maximum Gasteiger partial charge on any atom is 0.268 e. The van der Waals surface area contributed by atoms with Crippen molar-refractivity contribution in [3.8, 4) is 11.8 Å². The Hall–Kier alpha value is -3.50. The number of amides is 1. The molecule has 30 heavy (non-hydrogen) atoms. The zero-order valence-electron chi connectivity index (χ0n) is 17.1. The number of benzene rings is 2. The van der Waals surface area contributed by atoms with Crippen LogP contribution in [0.1, 0.15) is 34.2 Å². The molecule has 0 saturated heterocycles. The highest BCUT2D eigenvalue weighted by Gasteiger charge is 2.14. The molecule has 0 spiro atoms. The van der Waals surface area contributed by atoms with Crippen molar-refractivity contribution in [2.24, 2.45) is 0 Å². The largest absolute Gasteiger partial charge is 0.488 e. The fraction of sp³-hybridized carbons (Fsp3) is 0.217. The molecule has 7 heteroatoms. The van der Waals surface area contributed by atoms with Gasteiger partial charge < -0.3 is 4.74 Å². The monoisotopic (exact) mass is 418 g/mol. The molecule has 1 amide bonds. The summed E-state index contributed by atoms with van der Waals surface area (Å²) in [7, 11) is 0. The van der Waals surface area contributed by atoms with E-state index in [-0.39, 0.29) is 5.57 Å². The van der Waals surface area contributed by atoms with Crippen molar-refractivity contribution < 1.29 is 9.53 Å². The summed E-state index contributed by atoms with van der Waals surface area (Å²) in [4.78, 5) is 12.5. The third-order valence-corrected chi connectivity index (χ3v) is 5.36. The molecule has 0 unspecified atom stereocenters. The van der Waals surface area contributed by atoms with Gasteiger partial charge >= 0.3 is 0 Å². The first-order valence-corrected chi connectivity index (χ1v) is 10.3. The first kappa shape index (κ1) is 21.2. The average Bonchev–Trinajstić information content (AvgIpc) is 3.19.